The minimum absolute atomic E-state index is 0.0869. The van der Waals surface area contributed by atoms with Gasteiger partial charge in [-0.05, 0) is 0 Å². The van der Waals surface area contributed by atoms with E-state index in [4.69, 9.17) is 61.3 Å². The fourth-order valence-electron chi connectivity index (χ4n) is 1.25. The Morgan fingerprint density at radius 2 is 0.600 bits per heavy atom. The SMILES string of the molecule is O=C[C@H](O)[C@@H](O)[C@@H](O)CO.O=C[C@H](O)[C@@H](O)[C@@H](O)CO.O=C[C@H](O)[C@@H](O)[C@@H](O)CO. The van der Waals surface area contributed by atoms with Gasteiger partial charge >= 0.3 is 0 Å². The van der Waals surface area contributed by atoms with Crippen LogP contribution in [-0.2, 0) is 14.4 Å². The summed E-state index contributed by atoms with van der Waals surface area (Å²) in [5, 5.41) is 102. The molecule has 0 aromatic carbocycles. The monoisotopic (exact) mass is 450 g/mol. The van der Waals surface area contributed by atoms with E-state index in [1.807, 2.05) is 0 Å². The van der Waals surface area contributed by atoms with E-state index in [9.17, 15) is 14.4 Å². The third kappa shape index (κ3) is 14.5. The fourth-order valence-corrected chi connectivity index (χ4v) is 1.25. The third-order valence-electron chi connectivity index (χ3n) is 3.21. The van der Waals surface area contributed by atoms with Crippen LogP contribution in [0.4, 0.5) is 0 Å². The van der Waals surface area contributed by atoms with E-state index >= 15 is 0 Å². The lowest BCUT2D eigenvalue weighted by Gasteiger charge is -2.16. The Hall–Kier alpha value is -1.47. The Bertz CT molecular complexity index is 374. The molecule has 0 aliphatic heterocycles. The van der Waals surface area contributed by atoms with Crippen molar-refractivity contribution in [2.24, 2.45) is 0 Å². The predicted octanol–water partition coefficient (Wildman–Crippen LogP) is -8.22. The van der Waals surface area contributed by atoms with E-state index in [-0.39, 0.29) is 18.9 Å². The van der Waals surface area contributed by atoms with Crippen molar-refractivity contribution in [1.82, 2.24) is 0 Å². The van der Waals surface area contributed by atoms with E-state index in [0.717, 1.165) is 0 Å². The molecule has 0 aromatic rings. The average molecular weight is 450 g/mol. The van der Waals surface area contributed by atoms with Gasteiger partial charge in [-0.15, -0.1) is 0 Å². The van der Waals surface area contributed by atoms with Crippen LogP contribution in [0.3, 0.4) is 0 Å². The van der Waals surface area contributed by atoms with E-state index < -0.39 is 74.8 Å². The predicted molar refractivity (Wildman–Crippen MR) is 93.5 cm³/mol. The highest BCUT2D eigenvalue weighted by Crippen LogP contribution is 1.97. The summed E-state index contributed by atoms with van der Waals surface area (Å²) in [5.74, 6) is 0. The van der Waals surface area contributed by atoms with Crippen LogP contribution in [-0.4, -0.2) is 155 Å². The van der Waals surface area contributed by atoms with Crippen molar-refractivity contribution in [3.63, 3.8) is 0 Å². The first kappa shape index (κ1) is 33.2. The minimum atomic E-state index is -1.64. The van der Waals surface area contributed by atoms with Gasteiger partial charge in [0.1, 0.15) is 54.9 Å². The standard InChI is InChI=1S/3C5H10O5/c3*6-1-3(8)5(10)4(9)2-7/h3*1,3-5,7-10H,2H2/t3*3-,4-,5+/m000/s1. The van der Waals surface area contributed by atoms with E-state index in [0.29, 0.717) is 0 Å². The zero-order chi connectivity index (χ0) is 24.4. The van der Waals surface area contributed by atoms with Crippen LogP contribution in [0.5, 0.6) is 0 Å². The Morgan fingerprint density at radius 1 is 0.433 bits per heavy atom. The molecule has 0 spiro atoms. The smallest absolute Gasteiger partial charge is 0.151 e. The summed E-state index contributed by atoms with van der Waals surface area (Å²) < 4.78 is 0. The molecule has 0 aliphatic rings. The zero-order valence-electron chi connectivity index (χ0n) is 15.6. The van der Waals surface area contributed by atoms with Crippen LogP contribution < -0.4 is 0 Å². The van der Waals surface area contributed by atoms with Crippen molar-refractivity contribution in [2.75, 3.05) is 19.8 Å². The van der Waals surface area contributed by atoms with Gasteiger partial charge in [-0.25, -0.2) is 0 Å². The van der Waals surface area contributed by atoms with Crippen LogP contribution in [0, 0.1) is 0 Å². The Balaban J connectivity index is -0.000000364. The molecule has 0 fully saturated rings. The van der Waals surface area contributed by atoms with Crippen molar-refractivity contribution in [3.8, 4) is 0 Å². The van der Waals surface area contributed by atoms with Gasteiger partial charge in [0.25, 0.3) is 0 Å². The van der Waals surface area contributed by atoms with Gasteiger partial charge in [-0.1, -0.05) is 0 Å². The number of hydrogen-bond acceptors (Lipinski definition) is 15. The van der Waals surface area contributed by atoms with Crippen LogP contribution in [0.15, 0.2) is 0 Å². The summed E-state index contributed by atoms with van der Waals surface area (Å²) in [7, 11) is 0. The molecule has 0 heterocycles. The summed E-state index contributed by atoms with van der Waals surface area (Å²) in [5.41, 5.74) is 0. The van der Waals surface area contributed by atoms with Gasteiger partial charge < -0.3 is 75.7 Å². The maximum Gasteiger partial charge on any atom is 0.151 e. The number of aliphatic hydroxyl groups is 12. The lowest BCUT2D eigenvalue weighted by atomic mass is 10.1. The van der Waals surface area contributed by atoms with Gasteiger partial charge in [-0.3, -0.25) is 0 Å². The molecule has 15 nitrogen and oxygen atoms in total. The second-order valence-corrected chi connectivity index (χ2v) is 5.60. The highest BCUT2D eigenvalue weighted by Gasteiger charge is 2.24. The zero-order valence-corrected chi connectivity index (χ0v) is 15.6. The van der Waals surface area contributed by atoms with Gasteiger partial charge in [-0.2, -0.15) is 0 Å². The molecule has 9 atom stereocenters. The summed E-state index contributed by atoms with van der Waals surface area (Å²) in [6.45, 7) is -2.07. The van der Waals surface area contributed by atoms with Gasteiger partial charge in [0.05, 0.1) is 19.8 Å². The summed E-state index contributed by atoms with van der Waals surface area (Å²) in [6.07, 6.45) is -13.9. The van der Waals surface area contributed by atoms with Gasteiger partial charge in [0.2, 0.25) is 0 Å². The van der Waals surface area contributed by atoms with Crippen molar-refractivity contribution in [2.45, 2.75) is 54.9 Å². The van der Waals surface area contributed by atoms with Gasteiger partial charge in [0.15, 0.2) is 18.9 Å². The second kappa shape index (κ2) is 19.5. The number of hydrogen-bond donors (Lipinski definition) is 12. The van der Waals surface area contributed by atoms with Crippen LogP contribution >= 0.6 is 0 Å². The number of aldehydes is 3. The van der Waals surface area contributed by atoms with Crippen molar-refractivity contribution in [3.05, 3.63) is 0 Å². The lowest BCUT2D eigenvalue weighted by Crippen LogP contribution is -2.40. The molecule has 180 valence electrons. The van der Waals surface area contributed by atoms with Crippen molar-refractivity contribution < 1.29 is 75.7 Å². The minimum Gasteiger partial charge on any atom is -0.394 e. The summed E-state index contributed by atoms with van der Waals surface area (Å²) in [6, 6.07) is 0. The summed E-state index contributed by atoms with van der Waals surface area (Å²) in [4.78, 5) is 29.3. The van der Waals surface area contributed by atoms with E-state index in [1.165, 1.54) is 0 Å². The van der Waals surface area contributed by atoms with E-state index in [1.54, 1.807) is 0 Å². The van der Waals surface area contributed by atoms with E-state index in [2.05, 4.69) is 0 Å². The van der Waals surface area contributed by atoms with Crippen LogP contribution in [0.2, 0.25) is 0 Å². The maximum atomic E-state index is 9.76. The topological polar surface area (TPSA) is 294 Å². The number of rotatable bonds is 12. The largest absolute Gasteiger partial charge is 0.394 e. The molecule has 0 unspecified atom stereocenters. The molecule has 15 heteroatoms. The molecule has 12 N–H and O–H groups in total. The molecule has 0 aliphatic carbocycles. The quantitative estimate of drug-likeness (QED) is 0.123. The molecule has 0 radical (unpaired) electrons. The molecule has 0 amide bonds. The molecule has 0 bridgehead atoms. The summed E-state index contributed by atoms with van der Waals surface area (Å²) >= 11 is 0. The normalized spacial score (nSPS) is 19.6. The number of carbonyl (C=O) groups is 3. The van der Waals surface area contributed by atoms with Gasteiger partial charge in [0, 0.05) is 0 Å². The lowest BCUT2D eigenvalue weighted by molar-refractivity contribution is -0.128. The average Bonchev–Trinajstić information content (AvgIpc) is 2.79. The first-order valence-electron chi connectivity index (χ1n) is 8.20. The number of aliphatic hydroxyl groups excluding tert-OH is 12. The Labute approximate surface area is 170 Å². The Kier molecular flexibility index (Phi) is 21.6. The molecule has 0 aromatic heterocycles. The maximum absolute atomic E-state index is 9.76. The first-order valence-corrected chi connectivity index (χ1v) is 8.20. The Morgan fingerprint density at radius 3 is 0.700 bits per heavy atom. The molecule has 0 saturated heterocycles. The second-order valence-electron chi connectivity index (χ2n) is 5.60. The third-order valence-corrected chi connectivity index (χ3v) is 3.21. The molecule has 0 saturated carbocycles. The molecular formula is C15H30O15. The number of carbonyl (C=O) groups excluding carboxylic acids is 3. The highest BCUT2D eigenvalue weighted by molar-refractivity contribution is 5.57. The molecule has 30 heavy (non-hydrogen) atoms. The highest BCUT2D eigenvalue weighted by atomic mass is 16.4. The van der Waals surface area contributed by atoms with Crippen molar-refractivity contribution >= 4 is 18.9 Å². The fraction of sp³-hybridized carbons (Fsp3) is 0.800. The van der Waals surface area contributed by atoms with Crippen LogP contribution in [0.25, 0.3) is 0 Å². The first-order chi connectivity index (χ1) is 13.9. The molecular weight excluding hydrogens is 420 g/mol. The molecule has 0 rings (SSSR count). The van der Waals surface area contributed by atoms with Crippen molar-refractivity contribution in [1.29, 1.82) is 0 Å². The van der Waals surface area contributed by atoms with Crippen LogP contribution in [0.1, 0.15) is 0 Å².